The molecule has 0 rings (SSSR count). The Morgan fingerprint density at radius 2 is 1.53 bits per heavy atom. The fraction of sp³-hybridized carbons (Fsp3) is 0.810. The highest BCUT2D eigenvalue weighted by molar-refractivity contribution is 5.83. The number of carboxylic acid groups (broad SMARTS) is 1. The van der Waals surface area contributed by atoms with Crippen molar-refractivity contribution in [1.82, 2.24) is 5.32 Å². The third-order valence-corrected chi connectivity index (χ3v) is 5.00. The first-order valence-corrected chi connectivity index (χ1v) is 10.9. The Bertz CT molecular complexity index is 503. The van der Waals surface area contributed by atoms with E-state index in [-0.39, 0.29) is 6.10 Å². The Morgan fingerprint density at radius 1 is 0.967 bits per heavy atom. The lowest BCUT2D eigenvalue weighted by Crippen LogP contribution is -2.56. The largest absolute Gasteiger partial charge is 0.480 e. The molecular formula is C21H41N3O6. The third-order valence-electron chi connectivity index (χ3n) is 5.00. The van der Waals surface area contributed by atoms with E-state index in [1.165, 1.54) is 25.3 Å². The number of carboxylic acids is 1. The molecule has 0 aromatic rings. The van der Waals surface area contributed by atoms with Gasteiger partial charge in [0.1, 0.15) is 18.3 Å². The van der Waals surface area contributed by atoms with Gasteiger partial charge in [-0.3, -0.25) is 5.41 Å². The molecule has 30 heavy (non-hydrogen) atoms. The molecule has 9 heteroatoms. The smallest absolute Gasteiger partial charge is 0.329 e. The first-order valence-electron chi connectivity index (χ1n) is 10.9. The number of hydrogen-bond donors (Lipinski definition) is 8. The number of unbranched alkanes of at least 4 members (excludes halogenated alkanes) is 7. The van der Waals surface area contributed by atoms with Crippen LogP contribution < -0.4 is 11.1 Å². The number of aliphatic hydroxyl groups excluding tert-OH is 4. The first-order chi connectivity index (χ1) is 14.2. The van der Waals surface area contributed by atoms with Gasteiger partial charge in [0, 0.05) is 0 Å². The van der Waals surface area contributed by atoms with Crippen molar-refractivity contribution in [2.45, 2.75) is 108 Å². The van der Waals surface area contributed by atoms with Crippen LogP contribution in [0.25, 0.3) is 0 Å². The van der Waals surface area contributed by atoms with E-state index in [0.29, 0.717) is 6.42 Å². The first kappa shape index (κ1) is 28.3. The third kappa shape index (κ3) is 13.5. The van der Waals surface area contributed by atoms with Crippen molar-refractivity contribution in [3.8, 4) is 0 Å². The second-order valence-electron chi connectivity index (χ2n) is 7.77. The van der Waals surface area contributed by atoms with Crippen molar-refractivity contribution in [1.29, 1.82) is 5.41 Å². The standard InChI is InChI=1S/C21H41N3O6/c1-2-3-4-9-12-15(25)13-10-7-5-6-8-11-14-16(26)18(27)19(28)17(20(29)30)24-21(22)23/h11,14-19,25-28H,2-10,12-13H2,1H3,(H,29,30)(H4,22,23,24). The summed E-state index contributed by atoms with van der Waals surface area (Å²) in [5, 5.41) is 57.9. The molecule has 0 aromatic heterocycles. The predicted octanol–water partition coefficient (Wildman–Crippen LogP) is 1.23. The van der Waals surface area contributed by atoms with E-state index >= 15 is 0 Å². The number of carbonyl (C=O) groups is 1. The second-order valence-corrected chi connectivity index (χ2v) is 7.77. The van der Waals surface area contributed by atoms with Crippen LogP contribution in [0.2, 0.25) is 0 Å². The van der Waals surface area contributed by atoms with Crippen molar-refractivity contribution in [2.75, 3.05) is 0 Å². The zero-order chi connectivity index (χ0) is 22.9. The van der Waals surface area contributed by atoms with E-state index in [4.69, 9.17) is 16.2 Å². The van der Waals surface area contributed by atoms with E-state index in [9.17, 15) is 25.2 Å². The molecule has 0 amide bonds. The van der Waals surface area contributed by atoms with Crippen LogP contribution >= 0.6 is 0 Å². The van der Waals surface area contributed by atoms with Gasteiger partial charge in [-0.15, -0.1) is 0 Å². The van der Waals surface area contributed by atoms with Crippen LogP contribution in [0.5, 0.6) is 0 Å². The van der Waals surface area contributed by atoms with E-state index in [1.807, 2.05) is 5.32 Å². The maximum Gasteiger partial charge on any atom is 0.329 e. The van der Waals surface area contributed by atoms with Crippen LogP contribution in [0.4, 0.5) is 0 Å². The fourth-order valence-corrected chi connectivity index (χ4v) is 3.16. The molecule has 5 unspecified atom stereocenters. The highest BCUT2D eigenvalue weighted by Crippen LogP contribution is 2.13. The van der Waals surface area contributed by atoms with Gasteiger partial charge in [0.15, 0.2) is 12.0 Å². The van der Waals surface area contributed by atoms with Crippen molar-refractivity contribution in [3.05, 3.63) is 12.2 Å². The van der Waals surface area contributed by atoms with Crippen molar-refractivity contribution in [2.24, 2.45) is 5.73 Å². The summed E-state index contributed by atoms with van der Waals surface area (Å²) >= 11 is 0. The summed E-state index contributed by atoms with van der Waals surface area (Å²) in [6.45, 7) is 2.17. The molecule has 0 saturated heterocycles. The van der Waals surface area contributed by atoms with E-state index in [1.54, 1.807) is 6.08 Å². The lowest BCUT2D eigenvalue weighted by Gasteiger charge is -2.26. The molecule has 0 fully saturated rings. The van der Waals surface area contributed by atoms with Gasteiger partial charge in [-0.2, -0.15) is 0 Å². The monoisotopic (exact) mass is 431 g/mol. The quantitative estimate of drug-likeness (QED) is 0.0690. The van der Waals surface area contributed by atoms with Gasteiger partial charge in [-0.25, -0.2) is 4.79 Å². The summed E-state index contributed by atoms with van der Waals surface area (Å²) in [5.74, 6) is -2.17. The summed E-state index contributed by atoms with van der Waals surface area (Å²) in [4.78, 5) is 11.1. The van der Waals surface area contributed by atoms with E-state index in [0.717, 1.165) is 44.9 Å². The van der Waals surface area contributed by atoms with Crippen LogP contribution in [0, 0.1) is 5.41 Å². The average Bonchev–Trinajstić information content (AvgIpc) is 2.69. The van der Waals surface area contributed by atoms with Gasteiger partial charge in [0.2, 0.25) is 0 Å². The van der Waals surface area contributed by atoms with Gasteiger partial charge in [0.05, 0.1) is 6.10 Å². The van der Waals surface area contributed by atoms with Gasteiger partial charge >= 0.3 is 5.97 Å². The van der Waals surface area contributed by atoms with Crippen LogP contribution in [0.1, 0.15) is 77.6 Å². The van der Waals surface area contributed by atoms with Crippen molar-refractivity contribution >= 4 is 11.9 Å². The summed E-state index contributed by atoms with van der Waals surface area (Å²) in [7, 11) is 0. The minimum absolute atomic E-state index is 0.211. The highest BCUT2D eigenvalue weighted by Gasteiger charge is 2.35. The van der Waals surface area contributed by atoms with Crippen LogP contribution in [0.15, 0.2) is 12.2 Å². The normalized spacial score (nSPS) is 16.7. The van der Waals surface area contributed by atoms with Gasteiger partial charge < -0.3 is 36.6 Å². The fourth-order valence-electron chi connectivity index (χ4n) is 3.16. The predicted molar refractivity (Wildman–Crippen MR) is 116 cm³/mol. The zero-order valence-corrected chi connectivity index (χ0v) is 18.0. The summed E-state index contributed by atoms with van der Waals surface area (Å²) in [6, 6.07) is -1.71. The lowest BCUT2D eigenvalue weighted by atomic mass is 10.00. The second kappa shape index (κ2) is 17.0. The number of allylic oxidation sites excluding steroid dienone is 1. The minimum Gasteiger partial charge on any atom is -0.480 e. The molecule has 0 heterocycles. The molecule has 0 radical (unpaired) electrons. The van der Waals surface area contributed by atoms with E-state index < -0.39 is 36.3 Å². The average molecular weight is 432 g/mol. The SMILES string of the molecule is CCCCCCC(O)CCCCCCC=CC(O)C(O)C(O)C(NC(=N)N)C(=O)O. The molecule has 0 aliphatic carbocycles. The molecule has 0 aliphatic rings. The Balaban J connectivity index is 4.01. The number of aliphatic hydroxyl groups is 4. The van der Waals surface area contributed by atoms with Crippen molar-refractivity contribution in [3.63, 3.8) is 0 Å². The molecule has 5 atom stereocenters. The number of nitrogens with two attached hydrogens (primary N) is 1. The zero-order valence-electron chi connectivity index (χ0n) is 18.0. The van der Waals surface area contributed by atoms with Gasteiger partial charge in [0.25, 0.3) is 0 Å². The Hall–Kier alpha value is -1.68. The van der Waals surface area contributed by atoms with Crippen LogP contribution in [-0.4, -0.2) is 67.9 Å². The Morgan fingerprint density at radius 3 is 2.07 bits per heavy atom. The Kier molecular flexibility index (Phi) is 16.1. The number of aliphatic carboxylic acids is 1. The lowest BCUT2D eigenvalue weighted by molar-refractivity contribution is -0.146. The number of hydrogen-bond acceptors (Lipinski definition) is 6. The van der Waals surface area contributed by atoms with Gasteiger partial charge in [-0.05, 0) is 25.7 Å². The number of rotatable bonds is 18. The molecule has 0 saturated carbocycles. The molecule has 0 aliphatic heterocycles. The van der Waals surface area contributed by atoms with Crippen molar-refractivity contribution < 1.29 is 30.3 Å². The van der Waals surface area contributed by atoms with Crippen LogP contribution in [0.3, 0.4) is 0 Å². The summed E-state index contributed by atoms with van der Waals surface area (Å²) < 4.78 is 0. The van der Waals surface area contributed by atoms with Gasteiger partial charge in [-0.1, -0.05) is 64.0 Å². The molecule has 0 bridgehead atoms. The maximum absolute atomic E-state index is 11.1. The Labute approximate surface area is 179 Å². The molecule has 9 nitrogen and oxygen atoms in total. The van der Waals surface area contributed by atoms with Crippen LogP contribution in [-0.2, 0) is 4.79 Å². The number of nitrogens with one attached hydrogen (secondary N) is 2. The summed E-state index contributed by atoms with van der Waals surface area (Å²) in [5.41, 5.74) is 5.07. The maximum atomic E-state index is 11.1. The number of guanidine groups is 1. The molecule has 9 N–H and O–H groups in total. The summed E-state index contributed by atoms with van der Waals surface area (Å²) in [6.07, 6.45) is 8.67. The molecule has 0 aromatic carbocycles. The minimum atomic E-state index is -1.85. The topological polar surface area (TPSA) is 180 Å². The van der Waals surface area contributed by atoms with E-state index in [2.05, 4.69) is 6.92 Å². The molecule has 0 spiro atoms. The highest BCUT2D eigenvalue weighted by atomic mass is 16.4. The molecular weight excluding hydrogens is 390 g/mol. The molecule has 176 valence electrons.